The molecule has 2 aromatic carbocycles. The summed E-state index contributed by atoms with van der Waals surface area (Å²) in [7, 11) is 0. The number of Topliss-reactive ketones (excluding diaryl/α,β-unsaturated/α-hetero) is 1. The van der Waals surface area contributed by atoms with Gasteiger partial charge >= 0.3 is 23.9 Å². The van der Waals surface area contributed by atoms with Crippen LogP contribution in [0, 0.1) is 10.1 Å². The summed E-state index contributed by atoms with van der Waals surface area (Å²) in [6.07, 6.45) is -7.48. The first-order chi connectivity index (χ1) is 21.2. The highest BCUT2D eigenvalue weighted by Crippen LogP contribution is 2.37. The van der Waals surface area contributed by atoms with E-state index in [0.29, 0.717) is 5.56 Å². The van der Waals surface area contributed by atoms with Crippen LogP contribution in [0.4, 0.5) is 5.69 Å². The molecule has 2 N–H and O–H groups in total. The average molecular weight is 634 g/mol. The lowest BCUT2D eigenvalue weighted by Crippen LogP contribution is -2.63. The van der Waals surface area contributed by atoms with Crippen LogP contribution in [0.15, 0.2) is 36.4 Å². The number of ether oxygens (including phenoxy) is 6. The molecule has 2 aromatic rings. The van der Waals surface area contributed by atoms with Crippen molar-refractivity contribution in [2.24, 2.45) is 0 Å². The van der Waals surface area contributed by atoms with Crippen molar-refractivity contribution in [3.8, 4) is 17.2 Å². The molecule has 3 rings (SSSR count). The number of rotatable bonds is 12. The van der Waals surface area contributed by atoms with Crippen molar-refractivity contribution in [3.63, 3.8) is 0 Å². The Balaban J connectivity index is 1.88. The molecule has 1 saturated heterocycles. The van der Waals surface area contributed by atoms with Crippen molar-refractivity contribution in [1.82, 2.24) is 0 Å². The number of ketones is 1. The van der Waals surface area contributed by atoms with Crippen molar-refractivity contribution in [2.45, 2.75) is 71.2 Å². The van der Waals surface area contributed by atoms with Crippen LogP contribution in [-0.4, -0.2) is 82.1 Å². The maximum absolute atomic E-state index is 12.9. The molecule has 0 bridgehead atoms. The maximum atomic E-state index is 12.9. The number of hydrogen-bond acceptors (Lipinski definition) is 15. The van der Waals surface area contributed by atoms with Crippen LogP contribution in [-0.2, 0) is 49.3 Å². The molecular formula is C29H31NO15. The van der Waals surface area contributed by atoms with E-state index in [1.54, 1.807) is 0 Å². The number of carbonyl (C=O) groups is 5. The van der Waals surface area contributed by atoms with Crippen LogP contribution >= 0.6 is 0 Å². The van der Waals surface area contributed by atoms with Gasteiger partial charge in [0.1, 0.15) is 35.5 Å². The fraction of sp³-hybridized carbons (Fsp3) is 0.414. The Labute approximate surface area is 255 Å². The molecule has 0 aliphatic carbocycles. The van der Waals surface area contributed by atoms with E-state index in [1.165, 1.54) is 24.3 Å². The Bertz CT molecular complexity index is 1430. The number of phenols is 2. The minimum atomic E-state index is -1.65. The fourth-order valence-corrected chi connectivity index (χ4v) is 4.53. The Hall–Kier alpha value is -5.25. The molecule has 1 heterocycles. The number of esters is 4. The summed E-state index contributed by atoms with van der Waals surface area (Å²) in [5, 5.41) is 32.1. The summed E-state index contributed by atoms with van der Waals surface area (Å²) in [6.45, 7) is 3.77. The molecule has 0 saturated carbocycles. The Morgan fingerprint density at radius 2 is 1.36 bits per heavy atom. The summed E-state index contributed by atoms with van der Waals surface area (Å²) in [6, 6.07) is 7.49. The SMILES string of the molecule is CC(=O)OCC1O[C@@H](Oc2cc(O)c(C(=O)CCc3ccc([N+](=O)[O-])cc3)c(O)c2)C(OC(C)=O)C(OC(C)=O)[C@@H]1OC(C)=O. The van der Waals surface area contributed by atoms with Crippen LogP contribution in [0.3, 0.4) is 0 Å². The van der Waals surface area contributed by atoms with Crippen molar-refractivity contribution in [2.75, 3.05) is 6.61 Å². The van der Waals surface area contributed by atoms with E-state index in [4.69, 9.17) is 28.4 Å². The number of nitro benzene ring substituents is 1. The first-order valence-electron chi connectivity index (χ1n) is 13.5. The Morgan fingerprint density at radius 1 is 0.822 bits per heavy atom. The van der Waals surface area contributed by atoms with Gasteiger partial charge in [-0.15, -0.1) is 0 Å². The number of phenolic OH excluding ortho intramolecular Hbond substituents is 2. The first-order valence-corrected chi connectivity index (χ1v) is 13.5. The first kappa shape index (κ1) is 34.2. The number of carbonyl (C=O) groups excluding carboxylic acids is 5. The molecule has 16 heteroatoms. The van der Waals surface area contributed by atoms with Crippen LogP contribution in [0.25, 0.3) is 0 Å². The van der Waals surface area contributed by atoms with Gasteiger partial charge in [-0.1, -0.05) is 12.1 Å². The lowest BCUT2D eigenvalue weighted by Gasteiger charge is -2.43. The molecule has 1 fully saturated rings. The van der Waals surface area contributed by atoms with Gasteiger partial charge in [-0.3, -0.25) is 34.1 Å². The van der Waals surface area contributed by atoms with E-state index in [1.807, 2.05) is 0 Å². The largest absolute Gasteiger partial charge is 0.507 e. The molecular weight excluding hydrogens is 602 g/mol. The number of aromatic hydroxyl groups is 2. The topological polar surface area (TPSA) is 224 Å². The molecule has 16 nitrogen and oxygen atoms in total. The lowest BCUT2D eigenvalue weighted by atomic mass is 9.98. The predicted octanol–water partition coefficient (Wildman–Crippen LogP) is 2.28. The van der Waals surface area contributed by atoms with Crippen molar-refractivity contribution >= 4 is 35.3 Å². The molecule has 0 radical (unpaired) electrons. The number of benzene rings is 2. The minimum Gasteiger partial charge on any atom is -0.507 e. The number of non-ortho nitro benzene ring substituents is 1. The second kappa shape index (κ2) is 15.0. The standard InChI is InChI=1S/C29H31NO15/c1-14(31)40-13-24-26(41-15(2)32)27(42-16(3)33)28(43-17(4)34)29(45-24)44-20-11-22(36)25(23(37)12-20)21(35)10-7-18-5-8-19(9-6-18)30(38)39/h5-6,8-9,11-12,24,26-29,36-37H,7,10,13H2,1-4H3/t24?,26-,27?,28?,29-/m1/s1. The van der Waals surface area contributed by atoms with Gasteiger partial charge in [-0.2, -0.15) is 0 Å². The summed E-state index contributed by atoms with van der Waals surface area (Å²) in [5.74, 6) is -5.54. The third-order valence-corrected chi connectivity index (χ3v) is 6.34. The lowest BCUT2D eigenvalue weighted by molar-refractivity contribution is -0.384. The van der Waals surface area contributed by atoms with E-state index in [2.05, 4.69) is 0 Å². The van der Waals surface area contributed by atoms with Crippen LogP contribution in [0.1, 0.15) is 50.0 Å². The molecule has 5 atom stereocenters. The zero-order valence-electron chi connectivity index (χ0n) is 24.6. The van der Waals surface area contributed by atoms with Crippen molar-refractivity contribution in [1.29, 1.82) is 0 Å². The molecule has 0 amide bonds. The van der Waals surface area contributed by atoms with Crippen molar-refractivity contribution in [3.05, 3.63) is 57.6 Å². The molecule has 3 unspecified atom stereocenters. The van der Waals surface area contributed by atoms with Gasteiger partial charge in [0.15, 0.2) is 18.0 Å². The van der Waals surface area contributed by atoms with Gasteiger partial charge in [0.05, 0.1) is 4.92 Å². The van der Waals surface area contributed by atoms with Crippen molar-refractivity contribution < 1.29 is 67.5 Å². The highest BCUT2D eigenvalue weighted by molar-refractivity contribution is 6.01. The second-order valence-electron chi connectivity index (χ2n) is 9.87. The smallest absolute Gasteiger partial charge is 0.303 e. The molecule has 0 spiro atoms. The normalized spacial score (nSPS) is 20.8. The van der Waals surface area contributed by atoms with Gasteiger partial charge in [0, 0.05) is 58.4 Å². The van der Waals surface area contributed by atoms with Gasteiger partial charge in [0.25, 0.3) is 5.69 Å². The van der Waals surface area contributed by atoms with E-state index in [0.717, 1.165) is 39.8 Å². The summed E-state index contributed by atoms with van der Waals surface area (Å²) >= 11 is 0. The summed E-state index contributed by atoms with van der Waals surface area (Å²) in [4.78, 5) is 70.5. The Morgan fingerprint density at radius 3 is 1.87 bits per heavy atom. The van der Waals surface area contributed by atoms with E-state index < -0.39 is 89.0 Å². The number of aryl methyl sites for hydroxylation is 1. The van der Waals surface area contributed by atoms with Gasteiger partial charge in [-0.25, -0.2) is 0 Å². The fourth-order valence-electron chi connectivity index (χ4n) is 4.53. The zero-order chi connectivity index (χ0) is 33.4. The monoisotopic (exact) mass is 633 g/mol. The number of nitro groups is 1. The molecule has 242 valence electrons. The van der Waals surface area contributed by atoms with Crippen LogP contribution < -0.4 is 4.74 Å². The average Bonchev–Trinajstić information content (AvgIpc) is 2.93. The highest BCUT2D eigenvalue weighted by atomic mass is 16.7. The molecule has 1 aliphatic heterocycles. The predicted molar refractivity (Wildman–Crippen MR) is 148 cm³/mol. The van der Waals surface area contributed by atoms with Gasteiger partial charge < -0.3 is 38.6 Å². The minimum absolute atomic E-state index is 0.118. The van der Waals surface area contributed by atoms with Crippen LogP contribution in [0.5, 0.6) is 17.2 Å². The van der Waals surface area contributed by atoms with Crippen LogP contribution in [0.2, 0.25) is 0 Å². The molecule has 0 aromatic heterocycles. The quantitative estimate of drug-likeness (QED) is 0.112. The molecule has 45 heavy (non-hydrogen) atoms. The second-order valence-corrected chi connectivity index (χ2v) is 9.87. The van der Waals surface area contributed by atoms with E-state index in [-0.39, 0.29) is 24.3 Å². The highest BCUT2D eigenvalue weighted by Gasteiger charge is 2.53. The number of hydrogen-bond donors (Lipinski definition) is 2. The third kappa shape index (κ3) is 9.37. The summed E-state index contributed by atoms with van der Waals surface area (Å²) < 4.78 is 32.5. The maximum Gasteiger partial charge on any atom is 0.303 e. The van der Waals surface area contributed by atoms with Gasteiger partial charge in [-0.05, 0) is 12.0 Å². The third-order valence-electron chi connectivity index (χ3n) is 6.34. The molecule has 1 aliphatic rings. The number of nitrogens with zero attached hydrogens (tertiary/aromatic N) is 1. The zero-order valence-corrected chi connectivity index (χ0v) is 24.6. The summed E-state index contributed by atoms with van der Waals surface area (Å²) in [5.41, 5.74) is 0.0648. The van der Waals surface area contributed by atoms with E-state index in [9.17, 15) is 44.3 Å². The Kier molecular flexibility index (Phi) is 11.4. The van der Waals surface area contributed by atoms with Gasteiger partial charge in [0.2, 0.25) is 12.4 Å². The van der Waals surface area contributed by atoms with E-state index >= 15 is 0 Å².